The van der Waals surface area contributed by atoms with E-state index in [2.05, 4.69) is 38.8 Å². The summed E-state index contributed by atoms with van der Waals surface area (Å²) in [4.78, 5) is 23.6. The molecule has 0 radical (unpaired) electrons. The van der Waals surface area contributed by atoms with Crippen molar-refractivity contribution in [1.29, 1.82) is 0 Å². The van der Waals surface area contributed by atoms with Gasteiger partial charge in [-0.1, -0.05) is 61.8 Å². The third-order valence-corrected chi connectivity index (χ3v) is 6.51. The lowest BCUT2D eigenvalue weighted by Crippen LogP contribution is -2.28. The van der Waals surface area contributed by atoms with Gasteiger partial charge in [-0.2, -0.15) is 15.2 Å². The zero-order chi connectivity index (χ0) is 24.7. The lowest BCUT2D eigenvalue weighted by molar-refractivity contribution is -0.112. The number of thiazole rings is 2. The monoisotopic (exact) mass is 490 g/mol. The summed E-state index contributed by atoms with van der Waals surface area (Å²) in [5.41, 5.74) is 6.83. The highest BCUT2D eigenvalue weighted by molar-refractivity contribution is 7.15. The summed E-state index contributed by atoms with van der Waals surface area (Å²) in [5, 5.41) is 13.2. The molecule has 174 valence electrons. The molecule has 0 aliphatic carbocycles. The van der Waals surface area contributed by atoms with E-state index >= 15 is 0 Å². The number of carbonyl (C=O) groups is 1. The van der Waals surface area contributed by atoms with Crippen LogP contribution < -0.4 is 10.4 Å². The summed E-state index contributed by atoms with van der Waals surface area (Å²) >= 11 is 2.80. The summed E-state index contributed by atoms with van der Waals surface area (Å²) in [5.74, 6) is -0.375. The lowest BCUT2D eigenvalue weighted by atomic mass is 10.1. The van der Waals surface area contributed by atoms with Crippen LogP contribution in [0.2, 0.25) is 0 Å². The van der Waals surface area contributed by atoms with Gasteiger partial charge in [-0.3, -0.25) is 10.2 Å². The van der Waals surface area contributed by atoms with Crippen LogP contribution in [0.1, 0.15) is 30.1 Å². The summed E-state index contributed by atoms with van der Waals surface area (Å²) in [7, 11) is 0. The number of hydrazone groups is 2. The third kappa shape index (κ3) is 5.44. The topological polar surface area (TPSA) is 82.8 Å². The van der Waals surface area contributed by atoms with Gasteiger partial charge >= 0.3 is 5.91 Å². The molecule has 0 spiro atoms. The van der Waals surface area contributed by atoms with Crippen LogP contribution in [-0.2, 0) is 4.79 Å². The van der Waals surface area contributed by atoms with Gasteiger partial charge in [0, 0.05) is 21.4 Å². The molecule has 0 saturated carbocycles. The fourth-order valence-corrected chi connectivity index (χ4v) is 4.49. The maximum Gasteiger partial charge on any atom is 0.303 e. The third-order valence-electron chi connectivity index (χ3n) is 4.72. The number of allylic oxidation sites excluding steroid dienone is 10. The zero-order valence-electron chi connectivity index (χ0n) is 19.6. The maximum atomic E-state index is 13.4. The minimum Gasteiger partial charge on any atom is -0.265 e. The van der Waals surface area contributed by atoms with Crippen molar-refractivity contribution >= 4 is 55.8 Å². The van der Waals surface area contributed by atoms with Gasteiger partial charge in [0.2, 0.25) is 10.3 Å². The molecule has 0 bridgehead atoms. The molecule has 0 fully saturated rings. The molecule has 7 nitrogen and oxygen atoms in total. The fourth-order valence-electron chi connectivity index (χ4n) is 2.95. The van der Waals surface area contributed by atoms with Gasteiger partial charge in [-0.25, -0.2) is 9.97 Å². The van der Waals surface area contributed by atoms with Crippen molar-refractivity contribution in [2.24, 2.45) is 10.2 Å². The van der Waals surface area contributed by atoms with Crippen LogP contribution in [0.5, 0.6) is 0 Å². The molecule has 0 atom stereocenters. The minimum atomic E-state index is -0.375. The Balaban J connectivity index is 2.02. The Morgan fingerprint density at radius 1 is 1.15 bits per heavy atom. The highest BCUT2D eigenvalue weighted by Crippen LogP contribution is 2.29. The predicted molar refractivity (Wildman–Crippen MR) is 146 cm³/mol. The highest BCUT2D eigenvalue weighted by atomic mass is 32.1. The number of amides is 1. The standard InChI is InChI=1S/C25H26N6OS2/c1-7-11-14-18(10-4)21-22(28-29-24-26-16(5)17(6)34-24)23(32)31(30-21)25-27-20(15-33-25)19(12-8-2)13-9-3/h7-15H,1-2H2,3-6H3,(H,26,29)/b13-9-,14-11-,18-10+,19-12+,28-22-. The number of nitrogens with one attached hydrogen (secondary N) is 1. The van der Waals surface area contributed by atoms with Crippen molar-refractivity contribution in [3.8, 4) is 0 Å². The summed E-state index contributed by atoms with van der Waals surface area (Å²) in [6.07, 6.45) is 14.6. The van der Waals surface area contributed by atoms with Crippen LogP contribution in [-0.4, -0.2) is 27.3 Å². The second-order valence-corrected chi connectivity index (χ2v) is 9.05. The molecule has 1 aliphatic heterocycles. The van der Waals surface area contributed by atoms with Gasteiger partial charge in [0.05, 0.1) is 11.4 Å². The molecular weight excluding hydrogens is 464 g/mol. The number of anilines is 2. The van der Waals surface area contributed by atoms with Crippen molar-refractivity contribution < 1.29 is 4.79 Å². The summed E-state index contributed by atoms with van der Waals surface area (Å²) in [6.45, 7) is 15.2. The van der Waals surface area contributed by atoms with Gasteiger partial charge < -0.3 is 0 Å². The summed E-state index contributed by atoms with van der Waals surface area (Å²) < 4.78 is 0. The Morgan fingerprint density at radius 2 is 1.94 bits per heavy atom. The van der Waals surface area contributed by atoms with E-state index in [-0.39, 0.29) is 11.6 Å². The Morgan fingerprint density at radius 3 is 2.56 bits per heavy atom. The molecule has 1 amide bonds. The Labute approximate surface area is 207 Å². The van der Waals surface area contributed by atoms with Crippen molar-refractivity contribution in [3.05, 3.63) is 89.0 Å². The maximum absolute atomic E-state index is 13.4. The molecule has 0 aromatic carbocycles. The highest BCUT2D eigenvalue weighted by Gasteiger charge is 2.36. The van der Waals surface area contributed by atoms with Crippen LogP contribution in [0.25, 0.3) is 5.57 Å². The van der Waals surface area contributed by atoms with Gasteiger partial charge in [0.15, 0.2) is 5.71 Å². The average Bonchev–Trinajstić information content (AvgIpc) is 3.51. The Bertz CT molecular complexity index is 1270. The van der Waals surface area contributed by atoms with E-state index in [1.165, 1.54) is 27.7 Å². The van der Waals surface area contributed by atoms with E-state index in [0.29, 0.717) is 16.0 Å². The van der Waals surface area contributed by atoms with Crippen LogP contribution in [0.15, 0.2) is 82.9 Å². The largest absolute Gasteiger partial charge is 0.303 e. The molecule has 34 heavy (non-hydrogen) atoms. The lowest BCUT2D eigenvalue weighted by Gasteiger charge is -2.06. The molecule has 3 heterocycles. The van der Waals surface area contributed by atoms with Crippen molar-refractivity contribution in [2.45, 2.75) is 27.7 Å². The molecule has 1 N–H and O–H groups in total. The van der Waals surface area contributed by atoms with Gasteiger partial charge in [-0.15, -0.1) is 22.7 Å². The molecule has 2 aromatic rings. The second kappa shape index (κ2) is 11.4. The zero-order valence-corrected chi connectivity index (χ0v) is 21.2. The SMILES string of the molecule is C=C/C=C\C(=C/C)C1=NN(c2nc(C(/C=C\C)=C/C=C)cs2)C(=O)/C1=N\Nc1nc(C)c(C)s1. The molecular formula is C25H26N6OS2. The molecule has 0 unspecified atom stereocenters. The first kappa shape index (κ1) is 24.9. The number of nitrogens with zero attached hydrogens (tertiary/aromatic N) is 5. The number of rotatable bonds is 9. The van der Waals surface area contributed by atoms with E-state index < -0.39 is 0 Å². The smallest absolute Gasteiger partial charge is 0.265 e. The Hall–Kier alpha value is -3.69. The van der Waals surface area contributed by atoms with Gasteiger partial charge in [0.1, 0.15) is 5.71 Å². The van der Waals surface area contributed by atoms with E-state index in [1.54, 1.807) is 18.2 Å². The summed E-state index contributed by atoms with van der Waals surface area (Å²) in [6, 6.07) is 0. The van der Waals surface area contributed by atoms with E-state index in [0.717, 1.165) is 27.4 Å². The predicted octanol–water partition coefficient (Wildman–Crippen LogP) is 6.22. The van der Waals surface area contributed by atoms with Gasteiger partial charge in [0.25, 0.3) is 0 Å². The molecule has 9 heteroatoms. The number of hydrogen-bond donors (Lipinski definition) is 1. The van der Waals surface area contributed by atoms with E-state index in [4.69, 9.17) is 0 Å². The number of aromatic nitrogens is 2. The van der Waals surface area contributed by atoms with Crippen molar-refractivity contribution in [3.63, 3.8) is 0 Å². The van der Waals surface area contributed by atoms with Crippen LogP contribution >= 0.6 is 22.7 Å². The number of aryl methyl sites for hydroxylation is 2. The Kier molecular flexibility index (Phi) is 8.39. The molecule has 3 rings (SSSR count). The molecule has 1 aliphatic rings. The first-order valence-corrected chi connectivity index (χ1v) is 12.2. The van der Waals surface area contributed by atoms with Crippen LogP contribution in [0.3, 0.4) is 0 Å². The quantitative estimate of drug-likeness (QED) is 0.334. The van der Waals surface area contributed by atoms with Crippen molar-refractivity contribution in [2.75, 3.05) is 10.4 Å². The molecule has 2 aromatic heterocycles. The fraction of sp³-hybridized carbons (Fsp3) is 0.160. The first-order valence-electron chi connectivity index (χ1n) is 10.5. The van der Waals surface area contributed by atoms with Gasteiger partial charge in [-0.05, 0) is 27.7 Å². The normalized spacial score (nSPS) is 16.2. The first-order chi connectivity index (χ1) is 16.4. The number of carbonyl (C=O) groups excluding carboxylic acids is 1. The molecule has 0 saturated heterocycles. The van der Waals surface area contributed by atoms with Crippen LogP contribution in [0.4, 0.5) is 10.3 Å². The minimum absolute atomic E-state index is 0.180. The van der Waals surface area contributed by atoms with Crippen molar-refractivity contribution in [1.82, 2.24) is 9.97 Å². The van der Waals surface area contributed by atoms with Crippen LogP contribution in [0, 0.1) is 13.8 Å². The second-order valence-electron chi connectivity index (χ2n) is 7.01. The van der Waals surface area contributed by atoms with E-state index in [1.807, 2.05) is 63.5 Å². The van der Waals surface area contributed by atoms with E-state index in [9.17, 15) is 4.79 Å². The number of hydrogen-bond acceptors (Lipinski definition) is 8. The average molecular weight is 491 g/mol.